The normalized spacial score (nSPS) is 10.3. The van der Waals surface area contributed by atoms with Crippen molar-refractivity contribution in [2.24, 2.45) is 0 Å². The van der Waals surface area contributed by atoms with Gasteiger partial charge in [0, 0.05) is 18.3 Å². The van der Waals surface area contributed by atoms with Crippen molar-refractivity contribution in [1.29, 1.82) is 0 Å². The second-order valence-electron chi connectivity index (χ2n) is 4.32. The van der Waals surface area contributed by atoms with Gasteiger partial charge in [0.1, 0.15) is 5.82 Å². The van der Waals surface area contributed by atoms with Crippen molar-refractivity contribution < 1.29 is 14.2 Å². The summed E-state index contributed by atoms with van der Waals surface area (Å²) in [7, 11) is 1.50. The number of hydrogen-bond acceptors (Lipinski definition) is 3. The number of anilines is 1. The van der Waals surface area contributed by atoms with E-state index in [9.17, 15) is 9.50 Å². The van der Waals surface area contributed by atoms with E-state index in [1.165, 1.54) is 13.2 Å². The maximum Gasteiger partial charge on any atom is 0.160 e. The van der Waals surface area contributed by atoms with Crippen LogP contribution in [0.25, 0.3) is 0 Å². The summed E-state index contributed by atoms with van der Waals surface area (Å²) in [5.41, 5.74) is 2.38. The van der Waals surface area contributed by atoms with E-state index in [4.69, 9.17) is 4.74 Å². The van der Waals surface area contributed by atoms with Crippen LogP contribution < -0.4 is 10.1 Å². The largest absolute Gasteiger partial charge is 0.504 e. The predicted octanol–water partition coefficient (Wildman–Crippen LogP) is 3.46. The lowest BCUT2D eigenvalue weighted by Gasteiger charge is -2.09. The first-order chi connectivity index (χ1) is 9.10. The number of phenolic OH excluding ortho intramolecular Hbond substituents is 1. The zero-order chi connectivity index (χ0) is 13.8. The smallest absolute Gasteiger partial charge is 0.160 e. The van der Waals surface area contributed by atoms with E-state index in [1.54, 1.807) is 31.2 Å². The Morgan fingerprint density at radius 3 is 2.63 bits per heavy atom. The summed E-state index contributed by atoms with van der Waals surface area (Å²) in [6.45, 7) is 2.30. The number of rotatable bonds is 4. The molecular formula is C15H16FNO2. The van der Waals surface area contributed by atoms with Gasteiger partial charge in [-0.1, -0.05) is 12.1 Å². The number of benzene rings is 2. The predicted molar refractivity (Wildman–Crippen MR) is 73.1 cm³/mol. The third kappa shape index (κ3) is 3.16. The molecule has 0 aliphatic carbocycles. The molecule has 0 aliphatic rings. The molecule has 0 saturated heterocycles. The average Bonchev–Trinajstić information content (AvgIpc) is 2.40. The third-order valence-electron chi connectivity index (χ3n) is 2.90. The molecule has 2 N–H and O–H groups in total. The molecule has 0 amide bonds. The second-order valence-corrected chi connectivity index (χ2v) is 4.32. The van der Waals surface area contributed by atoms with Crippen LogP contribution in [0.1, 0.15) is 11.1 Å². The highest BCUT2D eigenvalue weighted by atomic mass is 19.1. The maximum atomic E-state index is 13.1. The lowest BCUT2D eigenvalue weighted by atomic mass is 10.1. The SMILES string of the molecule is COc1ccc(NCc2ccc(F)c(C)c2)cc1O. The van der Waals surface area contributed by atoms with Crippen molar-refractivity contribution in [3.63, 3.8) is 0 Å². The van der Waals surface area contributed by atoms with Crippen molar-refractivity contribution in [2.45, 2.75) is 13.5 Å². The summed E-state index contributed by atoms with van der Waals surface area (Å²) < 4.78 is 18.1. The summed E-state index contributed by atoms with van der Waals surface area (Å²) in [6.07, 6.45) is 0. The molecule has 100 valence electrons. The number of methoxy groups -OCH3 is 1. The Hall–Kier alpha value is -2.23. The number of halogens is 1. The molecule has 3 nitrogen and oxygen atoms in total. The maximum absolute atomic E-state index is 13.1. The molecule has 2 aromatic carbocycles. The quantitative estimate of drug-likeness (QED) is 0.885. The molecule has 0 radical (unpaired) electrons. The Morgan fingerprint density at radius 2 is 2.00 bits per heavy atom. The number of aryl methyl sites for hydroxylation is 1. The second kappa shape index (κ2) is 5.61. The van der Waals surface area contributed by atoms with Gasteiger partial charge in [-0.2, -0.15) is 0 Å². The molecule has 2 aromatic rings. The van der Waals surface area contributed by atoms with Gasteiger partial charge in [-0.3, -0.25) is 0 Å². The van der Waals surface area contributed by atoms with Crippen LogP contribution in [0.2, 0.25) is 0 Å². The topological polar surface area (TPSA) is 41.5 Å². The minimum Gasteiger partial charge on any atom is -0.504 e. The first-order valence-electron chi connectivity index (χ1n) is 5.96. The molecule has 0 aliphatic heterocycles. The summed E-state index contributed by atoms with van der Waals surface area (Å²) in [5, 5.41) is 12.8. The molecule has 19 heavy (non-hydrogen) atoms. The molecule has 0 spiro atoms. The molecule has 0 aromatic heterocycles. The first-order valence-corrected chi connectivity index (χ1v) is 5.96. The zero-order valence-electron chi connectivity index (χ0n) is 10.9. The van der Waals surface area contributed by atoms with E-state index in [1.807, 2.05) is 6.07 Å². The number of phenols is 1. The Kier molecular flexibility index (Phi) is 3.90. The van der Waals surface area contributed by atoms with Crippen LogP contribution in [0.3, 0.4) is 0 Å². The van der Waals surface area contributed by atoms with Gasteiger partial charge in [0.25, 0.3) is 0 Å². The zero-order valence-corrected chi connectivity index (χ0v) is 10.9. The van der Waals surface area contributed by atoms with Gasteiger partial charge < -0.3 is 15.2 Å². The van der Waals surface area contributed by atoms with Crippen LogP contribution in [-0.2, 0) is 6.54 Å². The Balaban J connectivity index is 2.05. The highest BCUT2D eigenvalue weighted by Crippen LogP contribution is 2.28. The van der Waals surface area contributed by atoms with Crippen molar-refractivity contribution in [1.82, 2.24) is 0 Å². The molecule has 0 atom stereocenters. The summed E-state index contributed by atoms with van der Waals surface area (Å²) in [5.74, 6) is 0.316. The van der Waals surface area contributed by atoms with E-state index < -0.39 is 0 Å². The van der Waals surface area contributed by atoms with E-state index in [0.717, 1.165) is 11.3 Å². The first kappa shape index (κ1) is 13.2. The van der Waals surface area contributed by atoms with Gasteiger partial charge in [-0.15, -0.1) is 0 Å². The van der Waals surface area contributed by atoms with E-state index >= 15 is 0 Å². The molecule has 4 heteroatoms. The summed E-state index contributed by atoms with van der Waals surface area (Å²) in [6, 6.07) is 10.1. The van der Waals surface area contributed by atoms with Gasteiger partial charge in [0.05, 0.1) is 7.11 Å². The fraction of sp³-hybridized carbons (Fsp3) is 0.200. The molecule has 0 saturated carbocycles. The van der Waals surface area contributed by atoms with Crippen molar-refractivity contribution in [2.75, 3.05) is 12.4 Å². The lowest BCUT2D eigenvalue weighted by Crippen LogP contribution is -2.00. The molecule has 0 unspecified atom stereocenters. The fourth-order valence-corrected chi connectivity index (χ4v) is 1.82. The molecule has 2 rings (SSSR count). The van der Waals surface area contributed by atoms with Crippen LogP contribution >= 0.6 is 0 Å². The number of ether oxygens (including phenoxy) is 1. The van der Waals surface area contributed by atoms with E-state index in [2.05, 4.69) is 5.32 Å². The molecule has 0 bridgehead atoms. The Morgan fingerprint density at radius 1 is 1.21 bits per heavy atom. The van der Waals surface area contributed by atoms with Gasteiger partial charge >= 0.3 is 0 Å². The lowest BCUT2D eigenvalue weighted by molar-refractivity contribution is 0.373. The van der Waals surface area contributed by atoms with E-state index in [-0.39, 0.29) is 11.6 Å². The van der Waals surface area contributed by atoms with Gasteiger partial charge in [-0.05, 0) is 36.2 Å². The van der Waals surface area contributed by atoms with Crippen LogP contribution in [-0.4, -0.2) is 12.2 Å². The molecular weight excluding hydrogens is 245 g/mol. The Labute approximate surface area is 111 Å². The highest BCUT2D eigenvalue weighted by Gasteiger charge is 2.03. The van der Waals surface area contributed by atoms with Crippen LogP contribution in [0.15, 0.2) is 36.4 Å². The van der Waals surface area contributed by atoms with Crippen molar-refractivity contribution >= 4 is 5.69 Å². The van der Waals surface area contributed by atoms with Crippen LogP contribution in [0.5, 0.6) is 11.5 Å². The van der Waals surface area contributed by atoms with Crippen LogP contribution in [0.4, 0.5) is 10.1 Å². The van der Waals surface area contributed by atoms with Gasteiger partial charge in [0.15, 0.2) is 11.5 Å². The van der Waals surface area contributed by atoms with Gasteiger partial charge in [-0.25, -0.2) is 4.39 Å². The van der Waals surface area contributed by atoms with Crippen molar-refractivity contribution in [3.8, 4) is 11.5 Å². The standard InChI is InChI=1S/C15H16FNO2/c1-10-7-11(3-5-13(10)16)9-17-12-4-6-15(19-2)14(18)8-12/h3-8,17-18H,9H2,1-2H3. The monoisotopic (exact) mass is 261 g/mol. The average molecular weight is 261 g/mol. The van der Waals surface area contributed by atoms with Crippen LogP contribution in [0, 0.1) is 12.7 Å². The van der Waals surface area contributed by atoms with Crippen molar-refractivity contribution in [3.05, 3.63) is 53.3 Å². The minimum atomic E-state index is -0.203. The summed E-state index contributed by atoms with van der Waals surface area (Å²) >= 11 is 0. The number of hydrogen-bond donors (Lipinski definition) is 2. The third-order valence-corrected chi connectivity index (χ3v) is 2.90. The van der Waals surface area contributed by atoms with E-state index in [0.29, 0.717) is 17.9 Å². The summed E-state index contributed by atoms with van der Waals surface area (Å²) in [4.78, 5) is 0. The Bertz CT molecular complexity index is 584. The fourth-order valence-electron chi connectivity index (χ4n) is 1.82. The number of nitrogens with one attached hydrogen (secondary N) is 1. The molecule has 0 heterocycles. The molecule has 0 fully saturated rings. The minimum absolute atomic E-state index is 0.0859. The number of aromatic hydroxyl groups is 1. The van der Waals surface area contributed by atoms with Gasteiger partial charge in [0.2, 0.25) is 0 Å². The highest BCUT2D eigenvalue weighted by molar-refractivity contribution is 5.54.